The number of nitrogens with zero attached hydrogens (tertiary/aromatic N) is 1. The molecule has 0 aliphatic heterocycles. The molecule has 0 bridgehead atoms. The van der Waals surface area contributed by atoms with Crippen LogP contribution in [0, 0.1) is 10.1 Å². The largest absolute Gasteiger partial charge is 0.310 e. The van der Waals surface area contributed by atoms with Crippen LogP contribution in [0.25, 0.3) is 0 Å². The Morgan fingerprint density at radius 3 is 2.31 bits per heavy atom. The number of rotatable bonds is 3. The summed E-state index contributed by atoms with van der Waals surface area (Å²) in [4.78, 5) is 20.4. The van der Waals surface area contributed by atoms with E-state index < -0.39 is 16.2 Å². The zero-order chi connectivity index (χ0) is 9.84. The average Bonchev–Trinajstić information content (AvgIpc) is 2.04. The standard InChI is InChI=1S/C8H6ClNO3/c9-8(11)7(10(12)13)6-4-2-1-3-5-6/h1-5,7H. The van der Waals surface area contributed by atoms with Crippen LogP contribution in [0.5, 0.6) is 0 Å². The van der Waals surface area contributed by atoms with Crippen LogP contribution in [0.2, 0.25) is 0 Å². The van der Waals surface area contributed by atoms with Crippen LogP contribution in [0.4, 0.5) is 0 Å². The molecule has 5 heteroatoms. The second-order valence-corrected chi connectivity index (χ2v) is 2.78. The molecule has 1 atom stereocenters. The third kappa shape index (κ3) is 2.26. The van der Waals surface area contributed by atoms with Crippen molar-refractivity contribution in [3.05, 3.63) is 46.0 Å². The first kappa shape index (κ1) is 9.67. The van der Waals surface area contributed by atoms with E-state index in [-0.39, 0.29) is 0 Å². The molecule has 1 aromatic carbocycles. The summed E-state index contributed by atoms with van der Waals surface area (Å²) >= 11 is 5.09. The maximum atomic E-state index is 10.7. The molecule has 0 spiro atoms. The average molecular weight is 200 g/mol. The Morgan fingerprint density at radius 2 is 1.92 bits per heavy atom. The highest BCUT2D eigenvalue weighted by Gasteiger charge is 2.29. The summed E-state index contributed by atoms with van der Waals surface area (Å²) in [5, 5.41) is 9.47. The van der Waals surface area contributed by atoms with Gasteiger partial charge in [0, 0.05) is 10.5 Å². The second-order valence-electron chi connectivity index (χ2n) is 2.40. The maximum Gasteiger partial charge on any atom is 0.310 e. The molecule has 0 radical (unpaired) electrons. The number of halogens is 1. The van der Waals surface area contributed by atoms with E-state index in [0.29, 0.717) is 5.56 Å². The number of carbonyl (C=O) groups is 1. The van der Waals surface area contributed by atoms with Crippen molar-refractivity contribution in [1.82, 2.24) is 0 Å². The first-order valence-electron chi connectivity index (χ1n) is 3.50. The molecule has 0 N–H and O–H groups in total. The first-order valence-corrected chi connectivity index (χ1v) is 3.88. The number of hydrogen-bond donors (Lipinski definition) is 0. The van der Waals surface area contributed by atoms with Crippen molar-refractivity contribution in [2.24, 2.45) is 0 Å². The van der Waals surface area contributed by atoms with Crippen molar-refractivity contribution in [2.45, 2.75) is 6.04 Å². The molecule has 0 amide bonds. The monoisotopic (exact) mass is 199 g/mol. The number of nitro groups is 1. The van der Waals surface area contributed by atoms with E-state index in [9.17, 15) is 14.9 Å². The minimum atomic E-state index is -1.46. The molecule has 0 saturated carbocycles. The Bertz CT molecular complexity index is 311. The Morgan fingerprint density at radius 1 is 1.38 bits per heavy atom. The molecule has 68 valence electrons. The number of benzene rings is 1. The maximum absolute atomic E-state index is 10.7. The molecule has 13 heavy (non-hydrogen) atoms. The minimum Gasteiger partial charge on any atom is -0.273 e. The van der Waals surface area contributed by atoms with Gasteiger partial charge in [0.25, 0.3) is 0 Å². The summed E-state index contributed by atoms with van der Waals surface area (Å²) in [6.07, 6.45) is 0. The quantitative estimate of drug-likeness (QED) is 0.424. The van der Waals surface area contributed by atoms with Crippen LogP contribution in [0.15, 0.2) is 30.3 Å². The molecular formula is C8H6ClNO3. The van der Waals surface area contributed by atoms with E-state index in [0.717, 1.165) is 0 Å². The van der Waals surface area contributed by atoms with Gasteiger partial charge >= 0.3 is 11.3 Å². The lowest BCUT2D eigenvalue weighted by Crippen LogP contribution is -2.16. The van der Waals surface area contributed by atoms with Crippen molar-refractivity contribution >= 4 is 16.8 Å². The highest BCUT2D eigenvalue weighted by molar-refractivity contribution is 6.64. The lowest BCUT2D eigenvalue weighted by molar-refractivity contribution is -0.512. The van der Waals surface area contributed by atoms with E-state index in [4.69, 9.17) is 11.6 Å². The van der Waals surface area contributed by atoms with Gasteiger partial charge in [-0.2, -0.15) is 0 Å². The Balaban J connectivity index is 3.03. The van der Waals surface area contributed by atoms with Gasteiger partial charge in [0.15, 0.2) is 0 Å². The Labute approximate surface area is 79.3 Å². The Hall–Kier alpha value is -1.42. The summed E-state index contributed by atoms with van der Waals surface area (Å²) in [5.74, 6) is 0. The van der Waals surface area contributed by atoms with Crippen LogP contribution in [-0.2, 0) is 4.79 Å². The van der Waals surface area contributed by atoms with Crippen LogP contribution in [-0.4, -0.2) is 10.2 Å². The van der Waals surface area contributed by atoms with Gasteiger partial charge in [0.2, 0.25) is 0 Å². The summed E-state index contributed by atoms with van der Waals surface area (Å²) < 4.78 is 0. The molecular weight excluding hydrogens is 194 g/mol. The normalized spacial score (nSPS) is 12.1. The van der Waals surface area contributed by atoms with Crippen LogP contribution in [0.1, 0.15) is 11.6 Å². The lowest BCUT2D eigenvalue weighted by Gasteiger charge is -2.03. The topological polar surface area (TPSA) is 60.2 Å². The van der Waals surface area contributed by atoms with E-state index >= 15 is 0 Å². The van der Waals surface area contributed by atoms with Gasteiger partial charge in [0.05, 0.1) is 0 Å². The summed E-state index contributed by atoms with van der Waals surface area (Å²) in [6.45, 7) is 0. The van der Waals surface area contributed by atoms with Gasteiger partial charge in [-0.25, -0.2) is 0 Å². The third-order valence-electron chi connectivity index (χ3n) is 1.54. The minimum absolute atomic E-state index is 0.299. The third-order valence-corrected chi connectivity index (χ3v) is 1.75. The summed E-state index contributed by atoms with van der Waals surface area (Å²) in [5.41, 5.74) is 0.299. The second kappa shape index (κ2) is 4.00. The lowest BCUT2D eigenvalue weighted by atomic mass is 10.1. The fraction of sp³-hybridized carbons (Fsp3) is 0.125. The zero-order valence-corrected chi connectivity index (χ0v) is 7.27. The van der Waals surface area contributed by atoms with E-state index in [2.05, 4.69) is 0 Å². The van der Waals surface area contributed by atoms with Gasteiger partial charge in [-0.1, -0.05) is 30.3 Å². The van der Waals surface area contributed by atoms with Crippen LogP contribution in [0.3, 0.4) is 0 Å². The smallest absolute Gasteiger partial charge is 0.273 e. The van der Waals surface area contributed by atoms with Crippen molar-refractivity contribution in [3.8, 4) is 0 Å². The molecule has 0 saturated heterocycles. The van der Waals surface area contributed by atoms with Crippen LogP contribution < -0.4 is 0 Å². The molecule has 0 aliphatic carbocycles. The van der Waals surface area contributed by atoms with Crippen LogP contribution >= 0.6 is 11.6 Å². The van der Waals surface area contributed by atoms with Gasteiger partial charge in [-0.15, -0.1) is 0 Å². The van der Waals surface area contributed by atoms with E-state index in [1.165, 1.54) is 12.1 Å². The van der Waals surface area contributed by atoms with E-state index in [1.54, 1.807) is 18.2 Å². The zero-order valence-electron chi connectivity index (χ0n) is 6.51. The highest BCUT2D eigenvalue weighted by Crippen LogP contribution is 2.18. The molecule has 1 rings (SSSR count). The van der Waals surface area contributed by atoms with E-state index in [1.807, 2.05) is 0 Å². The predicted octanol–water partition coefficient (Wildman–Crippen LogP) is 1.77. The fourth-order valence-electron chi connectivity index (χ4n) is 0.971. The number of hydrogen-bond acceptors (Lipinski definition) is 3. The highest BCUT2D eigenvalue weighted by atomic mass is 35.5. The molecule has 1 aromatic rings. The van der Waals surface area contributed by atoms with Gasteiger partial charge in [0.1, 0.15) is 0 Å². The SMILES string of the molecule is O=C(Cl)C(c1ccccc1)[N+](=O)[O-]. The first-order chi connectivity index (χ1) is 6.13. The van der Waals surface area contributed by atoms with Crippen molar-refractivity contribution in [1.29, 1.82) is 0 Å². The summed E-state index contributed by atoms with van der Waals surface area (Å²) in [7, 11) is 0. The summed E-state index contributed by atoms with van der Waals surface area (Å²) in [6, 6.07) is 6.47. The molecule has 0 aromatic heterocycles. The predicted molar refractivity (Wildman–Crippen MR) is 47.0 cm³/mol. The fourth-order valence-corrected chi connectivity index (χ4v) is 1.18. The molecule has 0 heterocycles. The molecule has 0 fully saturated rings. The molecule has 1 unspecified atom stereocenters. The molecule has 0 aliphatic rings. The van der Waals surface area contributed by atoms with Gasteiger partial charge in [-0.3, -0.25) is 14.9 Å². The molecule has 4 nitrogen and oxygen atoms in total. The van der Waals surface area contributed by atoms with Gasteiger partial charge < -0.3 is 0 Å². The Kier molecular flexibility index (Phi) is 2.97. The van der Waals surface area contributed by atoms with Crippen molar-refractivity contribution in [3.63, 3.8) is 0 Å². The van der Waals surface area contributed by atoms with Gasteiger partial charge in [-0.05, 0) is 11.6 Å². The number of carbonyl (C=O) groups excluding carboxylic acids is 1. The van der Waals surface area contributed by atoms with Crippen molar-refractivity contribution < 1.29 is 9.72 Å². The van der Waals surface area contributed by atoms with Crippen molar-refractivity contribution in [2.75, 3.05) is 0 Å².